The van der Waals surface area contributed by atoms with E-state index in [1.165, 1.54) is 5.56 Å². The number of piperidine rings is 1. The largest absolute Gasteiger partial charge is 0.371 e. The predicted molar refractivity (Wildman–Crippen MR) is 260 cm³/mol. The number of carbonyl (C=O) groups is 6. The van der Waals surface area contributed by atoms with Crippen molar-refractivity contribution < 1.29 is 28.8 Å². The molecule has 0 radical (unpaired) electrons. The Bertz CT molecular complexity index is 2180. The zero-order valence-electron chi connectivity index (χ0n) is 39.2. The highest BCUT2D eigenvalue weighted by Crippen LogP contribution is 2.33. The van der Waals surface area contributed by atoms with E-state index in [2.05, 4.69) is 62.5 Å². The fourth-order valence-corrected chi connectivity index (χ4v) is 8.18. The number of rotatable bonds is 24. The van der Waals surface area contributed by atoms with Crippen LogP contribution < -0.4 is 48.7 Å². The topological polar surface area (TPSA) is 256 Å². The maximum atomic E-state index is 14.8. The molecule has 1 saturated heterocycles. The van der Waals surface area contributed by atoms with Crippen LogP contribution in [0.3, 0.4) is 0 Å². The molecular weight excluding hydrogens is 837 g/mol. The van der Waals surface area contributed by atoms with Crippen LogP contribution in [0.25, 0.3) is 5.57 Å². The molecule has 1 aliphatic rings. The van der Waals surface area contributed by atoms with E-state index in [9.17, 15) is 28.8 Å². The summed E-state index contributed by atoms with van der Waals surface area (Å²) in [7, 11) is 0. The smallest absolute Gasteiger partial charge is 0.246 e. The van der Waals surface area contributed by atoms with Gasteiger partial charge in [-0.1, -0.05) is 106 Å². The molecule has 4 rings (SSSR count). The summed E-state index contributed by atoms with van der Waals surface area (Å²) in [6.07, 6.45) is 4.54. The SMILES string of the molecule is C/C=C(/C[C@H](NC(=O)[C@H](CCCN=C(N)N)NC(=O)[C@@H](Cc1ccccc1)NC(=O)C1(NC(=O)CCCC)CCN(c2ccccc2C(C)C)CC1)C(=O)NCC(N)=O)c1ccccc1C. The van der Waals surface area contributed by atoms with Gasteiger partial charge >= 0.3 is 0 Å². The number of nitrogens with two attached hydrogens (primary N) is 3. The van der Waals surface area contributed by atoms with Gasteiger partial charge in [0, 0.05) is 44.6 Å². The number of unbranched alkanes of at least 4 members (excludes halogenated alkanes) is 1. The molecule has 11 N–H and O–H groups in total. The Morgan fingerprint density at radius 3 is 2.06 bits per heavy atom. The van der Waals surface area contributed by atoms with Crippen LogP contribution >= 0.6 is 0 Å². The van der Waals surface area contributed by atoms with E-state index in [1.54, 1.807) is 0 Å². The first kappa shape index (κ1) is 51.9. The molecule has 0 aliphatic carbocycles. The molecule has 0 spiro atoms. The number of allylic oxidation sites excluding steroid dienone is 1. The number of amides is 6. The lowest BCUT2D eigenvalue weighted by molar-refractivity contribution is -0.137. The van der Waals surface area contributed by atoms with Gasteiger partial charge in [-0.25, -0.2) is 0 Å². The highest BCUT2D eigenvalue weighted by molar-refractivity contribution is 5.98. The van der Waals surface area contributed by atoms with Crippen molar-refractivity contribution in [2.45, 2.75) is 122 Å². The summed E-state index contributed by atoms with van der Waals surface area (Å²) in [5, 5.41) is 14.3. The predicted octanol–water partition coefficient (Wildman–Crippen LogP) is 3.61. The van der Waals surface area contributed by atoms with E-state index < -0.39 is 59.7 Å². The third kappa shape index (κ3) is 15.5. The number of benzene rings is 3. The summed E-state index contributed by atoms with van der Waals surface area (Å²) in [6, 6.07) is 21.4. The second kappa shape index (κ2) is 25.7. The van der Waals surface area contributed by atoms with Crippen molar-refractivity contribution in [2.24, 2.45) is 22.2 Å². The van der Waals surface area contributed by atoms with E-state index in [-0.39, 0.29) is 69.3 Å². The van der Waals surface area contributed by atoms with Crippen molar-refractivity contribution >= 4 is 52.7 Å². The number of carbonyl (C=O) groups excluding carboxylic acids is 6. The molecule has 66 heavy (non-hydrogen) atoms. The molecule has 3 aromatic carbocycles. The van der Waals surface area contributed by atoms with Crippen LogP contribution in [0.4, 0.5) is 5.69 Å². The van der Waals surface area contributed by atoms with Crippen molar-refractivity contribution in [3.63, 3.8) is 0 Å². The Hall–Kier alpha value is -6.71. The Morgan fingerprint density at radius 1 is 0.788 bits per heavy atom. The number of hydrogen-bond acceptors (Lipinski definition) is 8. The van der Waals surface area contributed by atoms with Gasteiger partial charge in [-0.3, -0.25) is 33.8 Å². The van der Waals surface area contributed by atoms with Crippen molar-refractivity contribution in [3.05, 3.63) is 107 Å². The molecule has 1 fully saturated rings. The fraction of sp³-hybridized carbons (Fsp3) is 0.460. The molecule has 1 heterocycles. The molecule has 1 aliphatic heterocycles. The van der Waals surface area contributed by atoms with Gasteiger partial charge in [-0.2, -0.15) is 0 Å². The molecule has 0 saturated carbocycles. The van der Waals surface area contributed by atoms with Gasteiger partial charge in [0.15, 0.2) is 5.96 Å². The molecule has 0 unspecified atom stereocenters. The van der Waals surface area contributed by atoms with Crippen LogP contribution in [-0.4, -0.2) is 91.2 Å². The van der Waals surface area contributed by atoms with E-state index >= 15 is 0 Å². The lowest BCUT2D eigenvalue weighted by Crippen LogP contribution is -2.66. The maximum absolute atomic E-state index is 14.8. The van der Waals surface area contributed by atoms with E-state index in [4.69, 9.17) is 17.2 Å². The van der Waals surface area contributed by atoms with Gasteiger partial charge in [0.05, 0.1) is 6.54 Å². The minimum atomic E-state index is -1.33. The van der Waals surface area contributed by atoms with Crippen LogP contribution in [0.15, 0.2) is 89.9 Å². The molecule has 0 aromatic heterocycles. The highest BCUT2D eigenvalue weighted by Gasteiger charge is 2.44. The lowest BCUT2D eigenvalue weighted by Gasteiger charge is -2.43. The monoisotopic (exact) mass is 907 g/mol. The molecule has 16 nitrogen and oxygen atoms in total. The Labute approximate surface area is 389 Å². The quantitative estimate of drug-likeness (QED) is 0.0371. The first-order chi connectivity index (χ1) is 31.6. The summed E-state index contributed by atoms with van der Waals surface area (Å²) in [4.78, 5) is 89.0. The van der Waals surface area contributed by atoms with Crippen LogP contribution in [0.1, 0.15) is 107 Å². The molecule has 3 atom stereocenters. The highest BCUT2D eigenvalue weighted by atomic mass is 16.2. The number of nitrogens with zero attached hydrogens (tertiary/aromatic N) is 2. The molecule has 6 amide bonds. The molecular formula is C50H70N10O6. The summed E-state index contributed by atoms with van der Waals surface area (Å²) < 4.78 is 0. The van der Waals surface area contributed by atoms with Crippen molar-refractivity contribution in [2.75, 3.05) is 31.1 Å². The number of anilines is 1. The van der Waals surface area contributed by atoms with Crippen molar-refractivity contribution in [1.29, 1.82) is 0 Å². The number of guanidine groups is 1. The number of primary amides is 1. The normalized spacial score (nSPS) is 14.8. The summed E-state index contributed by atoms with van der Waals surface area (Å²) in [5.74, 6) is -3.39. The Kier molecular flexibility index (Phi) is 20.2. The van der Waals surface area contributed by atoms with E-state index in [0.29, 0.717) is 19.5 Å². The Balaban J connectivity index is 1.67. The van der Waals surface area contributed by atoms with E-state index in [0.717, 1.165) is 34.4 Å². The van der Waals surface area contributed by atoms with Crippen LogP contribution in [0.5, 0.6) is 0 Å². The van der Waals surface area contributed by atoms with Gasteiger partial charge in [-0.15, -0.1) is 0 Å². The van der Waals surface area contributed by atoms with Gasteiger partial charge < -0.3 is 48.7 Å². The standard InChI is InChI=1S/C50H70N10O6/c1-6-8-24-44(62)59-50(25-28-60(29-26-50)42-23-15-14-20-37(42)33(3)4)48(66)58-40(30-35-18-10-9-11-19-35)47(65)56-39(22-16-27-54-49(52)53)46(64)57-41(45(63)55-32-43(51)61)31-36(7-2)38-21-13-12-17-34(38)5/h7,9-15,17-21,23,33,39-41H,6,8,16,22,24-32H2,1-5H3,(H2,51,61)(H,55,63)(H,56,65)(H,57,64)(H,58,66)(H,59,62)(H4,52,53,54)/b36-7-/t39-,40+,41-/m0/s1. The Morgan fingerprint density at radius 2 is 1.42 bits per heavy atom. The minimum Gasteiger partial charge on any atom is -0.371 e. The number of nitrogens with one attached hydrogen (secondary N) is 5. The third-order valence-corrected chi connectivity index (χ3v) is 11.9. The van der Waals surface area contributed by atoms with Gasteiger partial charge in [0.25, 0.3) is 0 Å². The number of hydrogen-bond donors (Lipinski definition) is 8. The third-order valence-electron chi connectivity index (χ3n) is 11.9. The molecule has 356 valence electrons. The van der Waals surface area contributed by atoms with Gasteiger partial charge in [0.2, 0.25) is 35.4 Å². The minimum absolute atomic E-state index is 0.0472. The zero-order valence-corrected chi connectivity index (χ0v) is 39.2. The summed E-state index contributed by atoms with van der Waals surface area (Å²) in [5.41, 5.74) is 20.8. The lowest BCUT2D eigenvalue weighted by atomic mass is 9.84. The number of aryl methyl sites for hydroxylation is 1. The van der Waals surface area contributed by atoms with Crippen molar-refractivity contribution in [3.8, 4) is 0 Å². The summed E-state index contributed by atoms with van der Waals surface area (Å²) in [6.45, 7) is 10.7. The average molecular weight is 907 g/mol. The average Bonchev–Trinajstić information content (AvgIpc) is 3.30. The summed E-state index contributed by atoms with van der Waals surface area (Å²) >= 11 is 0. The first-order valence-corrected chi connectivity index (χ1v) is 23.0. The molecule has 16 heteroatoms. The van der Waals surface area contributed by atoms with E-state index in [1.807, 2.05) is 93.6 Å². The number of aliphatic imine (C=N–C) groups is 1. The van der Waals surface area contributed by atoms with Crippen molar-refractivity contribution in [1.82, 2.24) is 26.6 Å². The number of para-hydroxylation sites is 1. The second-order valence-electron chi connectivity index (χ2n) is 17.2. The maximum Gasteiger partial charge on any atom is 0.246 e. The van der Waals surface area contributed by atoms with Crippen LogP contribution in [0.2, 0.25) is 0 Å². The zero-order chi connectivity index (χ0) is 48.2. The molecule has 3 aromatic rings. The second-order valence-corrected chi connectivity index (χ2v) is 17.2. The van der Waals surface area contributed by atoms with Gasteiger partial charge in [-0.05, 0) is 85.8 Å². The van der Waals surface area contributed by atoms with Crippen LogP contribution in [0, 0.1) is 6.92 Å². The first-order valence-electron chi connectivity index (χ1n) is 23.0. The fourth-order valence-electron chi connectivity index (χ4n) is 8.18. The van der Waals surface area contributed by atoms with Gasteiger partial charge in [0.1, 0.15) is 23.7 Å². The molecule has 0 bridgehead atoms. The van der Waals surface area contributed by atoms with Crippen LogP contribution in [-0.2, 0) is 35.2 Å².